The fraction of sp³-hybridized carbons (Fsp3) is 0.300. The van der Waals surface area contributed by atoms with Gasteiger partial charge in [-0.3, -0.25) is 0 Å². The second-order valence-electron chi connectivity index (χ2n) is 6.23. The van der Waals surface area contributed by atoms with Crippen LogP contribution < -0.4 is 10.1 Å². The van der Waals surface area contributed by atoms with Gasteiger partial charge in [0.1, 0.15) is 12.4 Å². The standard InChI is InChI=1S/C20H22N2O2/c1-2-4-15(5-3-1)13-24-18-6-7-20-19(11-18)16(12-22-20)10-17-14-23-9-8-21-17/h1-7,11-12,17,21-22H,8-10,13-14H2/t17-/m0/s1. The third kappa shape index (κ3) is 3.45. The summed E-state index contributed by atoms with van der Waals surface area (Å²) >= 11 is 0. The molecule has 0 aliphatic carbocycles. The average Bonchev–Trinajstić information content (AvgIpc) is 3.04. The van der Waals surface area contributed by atoms with Crippen molar-refractivity contribution in [1.82, 2.24) is 10.3 Å². The lowest BCUT2D eigenvalue weighted by Gasteiger charge is -2.23. The fourth-order valence-corrected chi connectivity index (χ4v) is 3.17. The monoisotopic (exact) mass is 322 g/mol. The van der Waals surface area contributed by atoms with Crippen LogP contribution in [0.2, 0.25) is 0 Å². The van der Waals surface area contributed by atoms with Crippen molar-refractivity contribution in [2.75, 3.05) is 19.8 Å². The molecule has 1 fully saturated rings. The molecule has 3 aromatic rings. The Hall–Kier alpha value is -2.30. The van der Waals surface area contributed by atoms with Gasteiger partial charge in [0.2, 0.25) is 0 Å². The number of aromatic nitrogens is 1. The number of nitrogens with one attached hydrogen (secondary N) is 2. The van der Waals surface area contributed by atoms with Crippen LogP contribution in [0.4, 0.5) is 0 Å². The largest absolute Gasteiger partial charge is 0.489 e. The molecule has 0 radical (unpaired) electrons. The molecule has 1 aliphatic heterocycles. The van der Waals surface area contributed by atoms with Crippen molar-refractivity contribution in [3.8, 4) is 5.75 Å². The molecule has 4 heteroatoms. The number of rotatable bonds is 5. The molecule has 0 unspecified atom stereocenters. The Morgan fingerprint density at radius 2 is 2.04 bits per heavy atom. The number of hydrogen-bond donors (Lipinski definition) is 2. The minimum absolute atomic E-state index is 0.381. The van der Waals surface area contributed by atoms with Crippen molar-refractivity contribution in [3.63, 3.8) is 0 Å². The van der Waals surface area contributed by atoms with Gasteiger partial charge in [-0.05, 0) is 35.7 Å². The van der Waals surface area contributed by atoms with Gasteiger partial charge in [0.25, 0.3) is 0 Å². The summed E-state index contributed by atoms with van der Waals surface area (Å²) in [4.78, 5) is 3.35. The highest BCUT2D eigenvalue weighted by atomic mass is 16.5. The van der Waals surface area contributed by atoms with E-state index in [2.05, 4.69) is 40.8 Å². The van der Waals surface area contributed by atoms with Gasteiger partial charge in [-0.1, -0.05) is 30.3 Å². The summed E-state index contributed by atoms with van der Waals surface area (Å²) in [5.74, 6) is 0.903. The molecule has 2 heterocycles. The molecule has 0 amide bonds. The molecule has 0 spiro atoms. The third-order valence-electron chi connectivity index (χ3n) is 4.45. The van der Waals surface area contributed by atoms with Crippen molar-refractivity contribution >= 4 is 10.9 Å². The number of ether oxygens (including phenoxy) is 2. The zero-order valence-electron chi connectivity index (χ0n) is 13.6. The summed E-state index contributed by atoms with van der Waals surface area (Å²) in [7, 11) is 0. The quantitative estimate of drug-likeness (QED) is 0.758. The molecule has 4 rings (SSSR count). The number of fused-ring (bicyclic) bond motifs is 1. The van der Waals surface area contributed by atoms with Gasteiger partial charge in [-0.2, -0.15) is 0 Å². The number of benzene rings is 2. The van der Waals surface area contributed by atoms with Gasteiger partial charge in [-0.25, -0.2) is 0 Å². The maximum absolute atomic E-state index is 5.96. The zero-order valence-corrected chi connectivity index (χ0v) is 13.6. The molecule has 0 saturated carbocycles. The van der Waals surface area contributed by atoms with Crippen LogP contribution in [0.1, 0.15) is 11.1 Å². The van der Waals surface area contributed by atoms with Crippen LogP contribution in [0.15, 0.2) is 54.7 Å². The molecule has 1 aromatic heterocycles. The van der Waals surface area contributed by atoms with E-state index in [1.54, 1.807) is 0 Å². The summed E-state index contributed by atoms with van der Waals surface area (Å²) in [6, 6.07) is 16.9. The maximum Gasteiger partial charge on any atom is 0.120 e. The van der Waals surface area contributed by atoms with Crippen molar-refractivity contribution in [2.24, 2.45) is 0 Å². The van der Waals surface area contributed by atoms with Crippen LogP contribution in [0.5, 0.6) is 5.75 Å². The predicted octanol–water partition coefficient (Wildman–Crippen LogP) is 3.28. The second kappa shape index (κ2) is 7.07. The molecule has 1 aliphatic rings. The summed E-state index contributed by atoms with van der Waals surface area (Å²) in [5.41, 5.74) is 3.63. The van der Waals surface area contributed by atoms with Gasteiger partial charge in [0, 0.05) is 29.7 Å². The average molecular weight is 322 g/mol. The van der Waals surface area contributed by atoms with E-state index >= 15 is 0 Å². The van der Waals surface area contributed by atoms with Gasteiger partial charge >= 0.3 is 0 Å². The first-order chi connectivity index (χ1) is 11.9. The zero-order chi connectivity index (χ0) is 16.2. The summed E-state index contributed by atoms with van der Waals surface area (Å²) in [5, 5.41) is 4.74. The normalized spacial score (nSPS) is 17.9. The highest BCUT2D eigenvalue weighted by molar-refractivity contribution is 5.84. The van der Waals surface area contributed by atoms with Gasteiger partial charge in [0.05, 0.1) is 13.2 Å². The molecule has 1 saturated heterocycles. The molecule has 0 bridgehead atoms. The molecular formula is C20H22N2O2. The van der Waals surface area contributed by atoms with Crippen LogP contribution in [-0.4, -0.2) is 30.8 Å². The number of morpholine rings is 1. The Morgan fingerprint density at radius 3 is 2.88 bits per heavy atom. The van der Waals surface area contributed by atoms with E-state index in [-0.39, 0.29) is 0 Å². The summed E-state index contributed by atoms with van der Waals surface area (Å²) < 4.78 is 11.5. The van der Waals surface area contributed by atoms with Gasteiger partial charge < -0.3 is 19.8 Å². The third-order valence-corrected chi connectivity index (χ3v) is 4.45. The van der Waals surface area contributed by atoms with Crippen molar-refractivity contribution < 1.29 is 9.47 Å². The summed E-state index contributed by atoms with van der Waals surface area (Å²) in [6.07, 6.45) is 3.06. The highest BCUT2D eigenvalue weighted by Gasteiger charge is 2.16. The molecule has 2 aromatic carbocycles. The predicted molar refractivity (Wildman–Crippen MR) is 95.4 cm³/mol. The molecule has 24 heavy (non-hydrogen) atoms. The molecule has 1 atom stereocenters. The van der Waals surface area contributed by atoms with Crippen LogP contribution in [0.3, 0.4) is 0 Å². The first-order valence-electron chi connectivity index (χ1n) is 8.46. The molecule has 4 nitrogen and oxygen atoms in total. The lowest BCUT2D eigenvalue weighted by Crippen LogP contribution is -2.42. The topological polar surface area (TPSA) is 46.3 Å². The van der Waals surface area contributed by atoms with Gasteiger partial charge in [-0.15, -0.1) is 0 Å². The first kappa shape index (κ1) is 15.2. The lowest BCUT2D eigenvalue weighted by atomic mass is 10.0. The smallest absolute Gasteiger partial charge is 0.120 e. The van der Waals surface area contributed by atoms with E-state index in [9.17, 15) is 0 Å². The van der Waals surface area contributed by atoms with Crippen LogP contribution in [-0.2, 0) is 17.8 Å². The van der Waals surface area contributed by atoms with Crippen molar-refractivity contribution in [2.45, 2.75) is 19.1 Å². The minimum Gasteiger partial charge on any atom is -0.489 e. The number of H-pyrrole nitrogens is 1. The number of aromatic amines is 1. The van der Waals surface area contributed by atoms with Crippen LogP contribution in [0, 0.1) is 0 Å². The second-order valence-corrected chi connectivity index (χ2v) is 6.23. The van der Waals surface area contributed by atoms with E-state index in [0.717, 1.165) is 37.4 Å². The molecule has 2 N–H and O–H groups in total. The Labute approximate surface area is 141 Å². The Balaban J connectivity index is 1.50. The van der Waals surface area contributed by atoms with Gasteiger partial charge in [0.15, 0.2) is 0 Å². The van der Waals surface area contributed by atoms with E-state index in [4.69, 9.17) is 9.47 Å². The van der Waals surface area contributed by atoms with E-state index in [1.165, 1.54) is 16.5 Å². The number of hydrogen-bond acceptors (Lipinski definition) is 3. The molecule has 124 valence electrons. The lowest BCUT2D eigenvalue weighted by molar-refractivity contribution is 0.0771. The van der Waals surface area contributed by atoms with E-state index in [1.807, 2.05) is 24.3 Å². The van der Waals surface area contributed by atoms with Crippen LogP contribution in [0.25, 0.3) is 10.9 Å². The summed E-state index contributed by atoms with van der Waals surface area (Å²) in [6.45, 7) is 3.10. The van der Waals surface area contributed by atoms with E-state index in [0.29, 0.717) is 12.6 Å². The van der Waals surface area contributed by atoms with Crippen molar-refractivity contribution in [3.05, 3.63) is 65.9 Å². The maximum atomic E-state index is 5.96. The Bertz CT molecular complexity index is 792. The van der Waals surface area contributed by atoms with E-state index < -0.39 is 0 Å². The molecular weight excluding hydrogens is 300 g/mol. The van der Waals surface area contributed by atoms with Crippen molar-refractivity contribution in [1.29, 1.82) is 0 Å². The SMILES string of the molecule is c1ccc(COc2ccc3[nH]cc(C[C@H]4COCCN4)c3c2)cc1. The first-order valence-corrected chi connectivity index (χ1v) is 8.46. The Kier molecular flexibility index (Phi) is 4.49. The van der Waals surface area contributed by atoms with Crippen LogP contribution >= 0.6 is 0 Å². The minimum atomic E-state index is 0.381. The fourth-order valence-electron chi connectivity index (χ4n) is 3.17. The highest BCUT2D eigenvalue weighted by Crippen LogP contribution is 2.25. The Morgan fingerprint density at radius 1 is 1.12 bits per heavy atom.